The number of hydrogen-bond acceptors (Lipinski definition) is 4. The molecule has 0 unspecified atom stereocenters. The second-order valence-electron chi connectivity index (χ2n) is 6.75. The summed E-state index contributed by atoms with van der Waals surface area (Å²) in [5.74, 6) is -1.25. The van der Waals surface area contributed by atoms with Gasteiger partial charge in [0.1, 0.15) is 5.82 Å². The Morgan fingerprint density at radius 2 is 1.77 bits per heavy atom. The van der Waals surface area contributed by atoms with E-state index in [1.54, 1.807) is 30.3 Å². The lowest BCUT2D eigenvalue weighted by molar-refractivity contribution is 0.102. The minimum atomic E-state index is -0.565. The molecular formula is C22H14Cl2FN3O3. The molecule has 3 aromatic carbocycles. The maximum atomic E-state index is 13.1. The molecule has 0 aliphatic carbocycles. The van der Waals surface area contributed by atoms with E-state index in [9.17, 15) is 19.1 Å². The Balaban J connectivity index is 1.72. The largest absolute Gasteiger partial charge is 0.505 e. The fraction of sp³-hybridized carbons (Fsp3) is 0.0455. The Morgan fingerprint density at radius 3 is 2.45 bits per heavy atom. The Bertz CT molecular complexity index is 1350. The molecule has 0 aliphatic heterocycles. The number of rotatable bonds is 4. The van der Waals surface area contributed by atoms with Gasteiger partial charge in [-0.1, -0.05) is 41.4 Å². The number of phenolic OH excluding ortho intramolecular Hbond substituents is 1. The van der Waals surface area contributed by atoms with Crippen molar-refractivity contribution in [1.29, 1.82) is 0 Å². The number of phenols is 1. The normalized spacial score (nSPS) is 10.9. The van der Waals surface area contributed by atoms with Crippen molar-refractivity contribution in [3.05, 3.63) is 98.3 Å². The Kier molecular flexibility index (Phi) is 5.63. The van der Waals surface area contributed by atoms with Gasteiger partial charge >= 0.3 is 0 Å². The SMILES string of the molecule is O=C(Nc1cccc2ncn(Cc3ccc(F)cc3)c(=O)c12)c1cc(Cl)c(O)c(Cl)c1. The molecule has 4 aromatic rings. The molecule has 0 radical (unpaired) electrons. The first-order valence-electron chi connectivity index (χ1n) is 9.05. The smallest absolute Gasteiger partial charge is 0.263 e. The van der Waals surface area contributed by atoms with Crippen LogP contribution in [0.2, 0.25) is 10.0 Å². The zero-order valence-electron chi connectivity index (χ0n) is 15.8. The molecule has 0 atom stereocenters. The quantitative estimate of drug-likeness (QED) is 0.458. The first-order chi connectivity index (χ1) is 14.8. The highest BCUT2D eigenvalue weighted by Crippen LogP contribution is 2.33. The van der Waals surface area contributed by atoms with Crippen LogP contribution in [0.15, 0.2) is 65.7 Å². The van der Waals surface area contributed by atoms with Crippen molar-refractivity contribution in [3.63, 3.8) is 0 Å². The summed E-state index contributed by atoms with van der Waals surface area (Å²) in [5.41, 5.74) is 1.13. The van der Waals surface area contributed by atoms with Gasteiger partial charge in [0, 0.05) is 5.56 Å². The summed E-state index contributed by atoms with van der Waals surface area (Å²) in [6.45, 7) is 0.188. The number of aromatic nitrogens is 2. The van der Waals surface area contributed by atoms with Crippen LogP contribution in [0.3, 0.4) is 0 Å². The van der Waals surface area contributed by atoms with Crippen LogP contribution in [-0.2, 0) is 6.54 Å². The van der Waals surface area contributed by atoms with E-state index in [4.69, 9.17) is 23.2 Å². The molecule has 4 rings (SSSR count). The lowest BCUT2D eigenvalue weighted by atomic mass is 10.1. The van der Waals surface area contributed by atoms with E-state index in [1.165, 1.54) is 35.2 Å². The topological polar surface area (TPSA) is 84.2 Å². The molecule has 31 heavy (non-hydrogen) atoms. The predicted octanol–water partition coefficient (Wildman–Crippen LogP) is 4.85. The predicted molar refractivity (Wildman–Crippen MR) is 118 cm³/mol. The monoisotopic (exact) mass is 457 g/mol. The van der Waals surface area contributed by atoms with Gasteiger partial charge in [-0.25, -0.2) is 9.37 Å². The van der Waals surface area contributed by atoms with Gasteiger partial charge in [0.25, 0.3) is 11.5 Å². The number of nitrogens with one attached hydrogen (secondary N) is 1. The summed E-state index contributed by atoms with van der Waals surface area (Å²) >= 11 is 11.8. The van der Waals surface area contributed by atoms with Gasteiger partial charge in [-0.3, -0.25) is 14.2 Å². The highest BCUT2D eigenvalue weighted by Gasteiger charge is 2.16. The van der Waals surface area contributed by atoms with Crippen molar-refractivity contribution in [2.75, 3.05) is 5.32 Å². The van der Waals surface area contributed by atoms with E-state index in [-0.39, 0.29) is 50.4 Å². The summed E-state index contributed by atoms with van der Waals surface area (Å²) in [6.07, 6.45) is 1.40. The number of amides is 1. The minimum absolute atomic E-state index is 0.0705. The summed E-state index contributed by atoms with van der Waals surface area (Å²) in [6, 6.07) is 13.2. The Hall–Kier alpha value is -3.42. The van der Waals surface area contributed by atoms with E-state index in [2.05, 4.69) is 10.3 Å². The van der Waals surface area contributed by atoms with Crippen molar-refractivity contribution in [2.45, 2.75) is 6.54 Å². The molecule has 1 aromatic heterocycles. The average Bonchev–Trinajstić information content (AvgIpc) is 2.75. The Morgan fingerprint density at radius 1 is 1.10 bits per heavy atom. The summed E-state index contributed by atoms with van der Waals surface area (Å²) in [4.78, 5) is 30.1. The summed E-state index contributed by atoms with van der Waals surface area (Å²) < 4.78 is 14.5. The third kappa shape index (κ3) is 4.23. The number of carbonyl (C=O) groups excluding carboxylic acids is 1. The second kappa shape index (κ2) is 8.37. The molecule has 0 bridgehead atoms. The van der Waals surface area contributed by atoms with Crippen molar-refractivity contribution in [2.24, 2.45) is 0 Å². The summed E-state index contributed by atoms with van der Waals surface area (Å²) in [5, 5.41) is 12.4. The third-order valence-corrected chi connectivity index (χ3v) is 5.22. The number of carbonyl (C=O) groups is 1. The van der Waals surface area contributed by atoms with Crippen LogP contribution in [0.4, 0.5) is 10.1 Å². The van der Waals surface area contributed by atoms with Gasteiger partial charge in [-0.15, -0.1) is 0 Å². The number of fused-ring (bicyclic) bond motifs is 1. The van der Waals surface area contributed by atoms with Crippen LogP contribution in [0, 0.1) is 5.82 Å². The molecule has 0 saturated carbocycles. The number of aromatic hydroxyl groups is 1. The van der Waals surface area contributed by atoms with Gasteiger partial charge in [-0.2, -0.15) is 0 Å². The molecule has 0 spiro atoms. The van der Waals surface area contributed by atoms with Crippen LogP contribution < -0.4 is 10.9 Å². The molecule has 0 saturated heterocycles. The summed E-state index contributed by atoms with van der Waals surface area (Å²) in [7, 11) is 0. The van der Waals surface area contributed by atoms with Crippen molar-refractivity contribution < 1.29 is 14.3 Å². The fourth-order valence-electron chi connectivity index (χ4n) is 3.09. The Labute approximate surface area is 185 Å². The van der Waals surface area contributed by atoms with Gasteiger partial charge in [0.2, 0.25) is 0 Å². The van der Waals surface area contributed by atoms with E-state index in [0.717, 1.165) is 5.56 Å². The van der Waals surface area contributed by atoms with Crippen LogP contribution in [-0.4, -0.2) is 20.6 Å². The maximum Gasteiger partial charge on any atom is 0.263 e. The fourth-order valence-corrected chi connectivity index (χ4v) is 3.58. The van der Waals surface area contributed by atoms with Crippen molar-refractivity contribution >= 4 is 45.7 Å². The number of halogens is 3. The minimum Gasteiger partial charge on any atom is -0.505 e. The van der Waals surface area contributed by atoms with E-state index in [1.807, 2.05) is 0 Å². The van der Waals surface area contributed by atoms with Crippen LogP contribution in [0.25, 0.3) is 10.9 Å². The number of anilines is 1. The second-order valence-corrected chi connectivity index (χ2v) is 7.56. The molecule has 6 nitrogen and oxygen atoms in total. The lowest BCUT2D eigenvalue weighted by Gasteiger charge is -2.11. The molecule has 2 N–H and O–H groups in total. The van der Waals surface area contributed by atoms with E-state index in [0.29, 0.717) is 5.52 Å². The van der Waals surface area contributed by atoms with Crippen molar-refractivity contribution in [3.8, 4) is 5.75 Å². The molecule has 1 amide bonds. The molecule has 1 heterocycles. The third-order valence-electron chi connectivity index (χ3n) is 4.65. The van der Waals surface area contributed by atoms with Gasteiger partial charge in [0.05, 0.1) is 39.5 Å². The maximum absolute atomic E-state index is 13.1. The van der Waals surface area contributed by atoms with Crippen LogP contribution in [0.1, 0.15) is 15.9 Å². The van der Waals surface area contributed by atoms with Gasteiger partial charge < -0.3 is 10.4 Å². The highest BCUT2D eigenvalue weighted by atomic mass is 35.5. The van der Waals surface area contributed by atoms with Gasteiger partial charge in [-0.05, 0) is 42.0 Å². The van der Waals surface area contributed by atoms with Crippen LogP contribution >= 0.6 is 23.2 Å². The number of hydrogen-bond donors (Lipinski definition) is 2. The molecule has 156 valence electrons. The van der Waals surface area contributed by atoms with Gasteiger partial charge in [0.15, 0.2) is 5.75 Å². The first kappa shape index (κ1) is 20.8. The molecule has 9 heteroatoms. The lowest BCUT2D eigenvalue weighted by Crippen LogP contribution is -2.23. The standard InChI is InChI=1S/C22H14Cl2FN3O3/c23-15-8-13(9-16(24)20(15)29)21(30)27-18-3-1-2-17-19(18)22(31)28(11-26-17)10-12-4-6-14(25)7-5-12/h1-9,11,29H,10H2,(H,27,30). The van der Waals surface area contributed by atoms with Crippen LogP contribution in [0.5, 0.6) is 5.75 Å². The molecule has 0 aliphatic rings. The van der Waals surface area contributed by atoms with E-state index >= 15 is 0 Å². The zero-order chi connectivity index (χ0) is 22.1. The number of benzene rings is 3. The first-order valence-corrected chi connectivity index (χ1v) is 9.81. The average molecular weight is 458 g/mol. The zero-order valence-corrected chi connectivity index (χ0v) is 17.3. The number of nitrogens with zero attached hydrogens (tertiary/aromatic N) is 2. The highest BCUT2D eigenvalue weighted by molar-refractivity contribution is 6.37. The molecular weight excluding hydrogens is 444 g/mol. The van der Waals surface area contributed by atoms with Crippen molar-refractivity contribution in [1.82, 2.24) is 9.55 Å². The molecule has 0 fully saturated rings. The van der Waals surface area contributed by atoms with E-state index < -0.39 is 5.91 Å².